The first-order valence-corrected chi connectivity index (χ1v) is 24.0. The molecule has 2 aliphatic heterocycles. The summed E-state index contributed by atoms with van der Waals surface area (Å²) in [6.07, 6.45) is 21.2. The van der Waals surface area contributed by atoms with Gasteiger partial charge in [0.15, 0.2) is 0 Å². The van der Waals surface area contributed by atoms with Crippen molar-refractivity contribution in [3.8, 4) is 0 Å². The van der Waals surface area contributed by atoms with Crippen LogP contribution in [0.3, 0.4) is 0 Å². The number of carbonyl (C=O) groups is 2. The average molecular weight is 948 g/mol. The van der Waals surface area contributed by atoms with E-state index < -0.39 is 11.9 Å². The molecule has 0 unspecified atom stereocenters. The number of hydrogen-bond acceptors (Lipinski definition) is 8. The number of aromatic nitrogens is 4. The highest BCUT2D eigenvalue weighted by atomic mass is 35.5. The Balaban J connectivity index is 0.000000159. The van der Waals surface area contributed by atoms with E-state index >= 15 is 0 Å². The van der Waals surface area contributed by atoms with Crippen LogP contribution in [-0.4, -0.2) is 78.1 Å². The number of aryl methyl sites for hydroxylation is 6. The van der Waals surface area contributed by atoms with Crippen LogP contribution in [0.25, 0.3) is 11.1 Å². The first-order chi connectivity index (χ1) is 33.0. The number of likely N-dealkylation sites (tertiary alicyclic amines) is 2. The molecule has 0 spiro atoms. The van der Waals surface area contributed by atoms with E-state index in [-0.39, 0.29) is 0 Å². The van der Waals surface area contributed by atoms with E-state index in [1.54, 1.807) is 0 Å². The summed E-state index contributed by atoms with van der Waals surface area (Å²) in [5, 5.41) is 17.3. The van der Waals surface area contributed by atoms with E-state index in [1.807, 2.05) is 49.3 Å². The predicted octanol–water partition coefficient (Wildman–Crippen LogP) is 11.0. The van der Waals surface area contributed by atoms with Crippen LogP contribution in [0.15, 0.2) is 133 Å². The summed E-state index contributed by atoms with van der Waals surface area (Å²) in [5.41, 5.74) is 21.2. The van der Waals surface area contributed by atoms with Crippen LogP contribution in [-0.2, 0) is 48.4 Å². The lowest BCUT2D eigenvalue weighted by Crippen LogP contribution is -2.30. The molecule has 10 nitrogen and oxygen atoms in total. The van der Waals surface area contributed by atoms with Gasteiger partial charge in [-0.1, -0.05) is 70.7 Å². The van der Waals surface area contributed by atoms with Crippen LogP contribution in [0.2, 0.25) is 10.0 Å². The van der Waals surface area contributed by atoms with Crippen LogP contribution in [0.1, 0.15) is 92.7 Å². The molecule has 0 bridgehead atoms. The fourth-order valence-corrected chi connectivity index (χ4v) is 10.2. The standard InChI is InChI=1S/2C26H26ClN3.C4H4O4/c2*1-18-13-19(16-28-15-18)17-30-11-8-20(9-12-30)25-24-7-6-23(27)14-22(24)5-4-21-3-2-10-29-26(21)25;5-3(6)1-2-4(7)8/h2*2-3,6-7,10,13-16H,4-5,8-9,11-12,17H2,1H3;1-2H,(H,5,6)(H,7,8)/b;;2-1-. The van der Waals surface area contributed by atoms with Gasteiger partial charge in [-0.15, -0.1) is 0 Å². The van der Waals surface area contributed by atoms with Crippen LogP contribution in [0.4, 0.5) is 0 Å². The molecule has 0 radical (unpaired) electrons. The minimum atomic E-state index is -1.26. The molecule has 0 saturated carbocycles. The summed E-state index contributed by atoms with van der Waals surface area (Å²) < 4.78 is 0. The average Bonchev–Trinajstić information content (AvgIpc) is 3.60. The number of benzene rings is 2. The quantitative estimate of drug-likeness (QED) is 0.156. The molecule has 68 heavy (non-hydrogen) atoms. The summed E-state index contributed by atoms with van der Waals surface area (Å²) in [6, 6.07) is 25.8. The van der Waals surface area contributed by atoms with Gasteiger partial charge in [-0.2, -0.15) is 0 Å². The summed E-state index contributed by atoms with van der Waals surface area (Å²) in [4.78, 5) is 42.6. The van der Waals surface area contributed by atoms with Crippen LogP contribution >= 0.6 is 23.2 Å². The number of aliphatic carboxylic acids is 2. The molecule has 6 aromatic rings. The number of carboxylic acids is 2. The van der Waals surface area contributed by atoms with Gasteiger partial charge in [0.1, 0.15) is 0 Å². The molecular formula is C56H56Cl2N6O4. The topological polar surface area (TPSA) is 133 Å². The molecule has 2 saturated heterocycles. The Morgan fingerprint density at radius 2 is 0.941 bits per heavy atom. The highest BCUT2D eigenvalue weighted by Crippen LogP contribution is 2.40. The predicted molar refractivity (Wildman–Crippen MR) is 270 cm³/mol. The Hall–Kier alpha value is -6.30. The maximum absolute atomic E-state index is 9.55. The highest BCUT2D eigenvalue weighted by Gasteiger charge is 2.27. The second-order valence-electron chi connectivity index (χ2n) is 17.9. The maximum Gasteiger partial charge on any atom is 0.328 e. The lowest BCUT2D eigenvalue weighted by atomic mass is 9.88. The molecule has 2 N–H and O–H groups in total. The van der Waals surface area contributed by atoms with E-state index in [2.05, 4.69) is 94.3 Å². The molecule has 4 aliphatic rings. The molecule has 2 fully saturated rings. The number of fused-ring (bicyclic) bond motifs is 4. The number of piperidine rings is 2. The molecule has 2 aliphatic carbocycles. The summed E-state index contributed by atoms with van der Waals surface area (Å²) in [6.45, 7) is 10.4. The van der Waals surface area contributed by atoms with Crippen LogP contribution in [0.5, 0.6) is 0 Å². The number of nitrogens with zero attached hydrogens (tertiary/aromatic N) is 6. The zero-order chi connectivity index (χ0) is 47.6. The van der Waals surface area contributed by atoms with Crippen molar-refractivity contribution in [2.45, 2.75) is 78.3 Å². The highest BCUT2D eigenvalue weighted by molar-refractivity contribution is 6.31. The summed E-state index contributed by atoms with van der Waals surface area (Å²) >= 11 is 12.7. The normalized spacial score (nSPS) is 15.9. The second kappa shape index (κ2) is 22.7. The van der Waals surface area contributed by atoms with Crippen molar-refractivity contribution in [2.24, 2.45) is 0 Å². The number of carboxylic acid groups (broad SMARTS) is 2. The van der Waals surface area contributed by atoms with Crippen molar-refractivity contribution in [3.63, 3.8) is 0 Å². The molecule has 6 heterocycles. The van der Waals surface area contributed by atoms with Gasteiger partial charge in [0.05, 0.1) is 11.4 Å². The van der Waals surface area contributed by atoms with Gasteiger partial charge in [-0.3, -0.25) is 29.7 Å². The monoisotopic (exact) mass is 946 g/mol. The largest absolute Gasteiger partial charge is 0.478 e. The molecule has 0 atom stereocenters. The van der Waals surface area contributed by atoms with E-state index in [4.69, 9.17) is 43.4 Å². The van der Waals surface area contributed by atoms with Crippen LogP contribution < -0.4 is 0 Å². The molecule has 12 heteroatoms. The van der Waals surface area contributed by atoms with Gasteiger partial charge in [0.2, 0.25) is 0 Å². The Kier molecular flexibility index (Phi) is 16.1. The Morgan fingerprint density at radius 1 is 0.544 bits per heavy atom. The van der Waals surface area contributed by atoms with E-state index in [1.165, 1.54) is 89.3 Å². The molecule has 0 amide bonds. The van der Waals surface area contributed by atoms with Crippen molar-refractivity contribution in [1.29, 1.82) is 0 Å². The first-order valence-electron chi connectivity index (χ1n) is 23.3. The number of halogens is 2. The Morgan fingerprint density at radius 3 is 1.32 bits per heavy atom. The lowest BCUT2D eigenvalue weighted by molar-refractivity contribution is -0.134. The minimum absolute atomic E-state index is 0.558. The smallest absolute Gasteiger partial charge is 0.328 e. The second-order valence-corrected chi connectivity index (χ2v) is 18.8. The molecular weight excluding hydrogens is 892 g/mol. The van der Waals surface area contributed by atoms with Crippen molar-refractivity contribution >= 4 is 46.3 Å². The number of pyridine rings is 4. The lowest BCUT2D eigenvalue weighted by Gasteiger charge is -2.30. The van der Waals surface area contributed by atoms with E-state index in [0.717, 1.165) is 101 Å². The van der Waals surface area contributed by atoms with Crippen molar-refractivity contribution in [2.75, 3.05) is 26.2 Å². The zero-order valence-electron chi connectivity index (χ0n) is 38.6. The van der Waals surface area contributed by atoms with Gasteiger partial charge >= 0.3 is 11.9 Å². The van der Waals surface area contributed by atoms with Gasteiger partial charge in [0, 0.05) is 110 Å². The Labute approximate surface area is 408 Å². The SMILES string of the molecule is Cc1cncc(CN2CCC(=C3c4ccc(Cl)cc4CCc4cccnc43)CC2)c1.Cc1cncc(CN2CCC(=C3c4ccc(Cl)cc4CCc4cccnc43)CC2)c1.O=C(O)/C=C\C(=O)O. The third kappa shape index (κ3) is 12.4. The third-order valence-electron chi connectivity index (χ3n) is 12.9. The Bertz CT molecular complexity index is 2700. The maximum atomic E-state index is 9.55. The summed E-state index contributed by atoms with van der Waals surface area (Å²) in [5.74, 6) is -2.51. The van der Waals surface area contributed by atoms with Gasteiger partial charge in [0.25, 0.3) is 0 Å². The molecule has 10 rings (SSSR count). The fourth-order valence-electron chi connectivity index (χ4n) is 9.80. The van der Waals surface area contributed by atoms with Gasteiger partial charge < -0.3 is 10.2 Å². The number of hydrogen-bond donors (Lipinski definition) is 2. The van der Waals surface area contributed by atoms with Crippen molar-refractivity contribution < 1.29 is 19.8 Å². The van der Waals surface area contributed by atoms with Crippen molar-refractivity contribution in [1.82, 2.24) is 29.7 Å². The molecule has 348 valence electrons. The first kappa shape index (κ1) is 48.2. The van der Waals surface area contributed by atoms with Crippen LogP contribution in [0, 0.1) is 13.8 Å². The van der Waals surface area contributed by atoms with Gasteiger partial charge in [-0.25, -0.2) is 9.59 Å². The van der Waals surface area contributed by atoms with Gasteiger partial charge in [-0.05, 0) is 157 Å². The number of rotatable bonds is 6. The zero-order valence-corrected chi connectivity index (χ0v) is 40.1. The minimum Gasteiger partial charge on any atom is -0.478 e. The third-order valence-corrected chi connectivity index (χ3v) is 13.4. The fraction of sp³-hybridized carbons (Fsp3) is 0.286. The molecule has 4 aromatic heterocycles. The van der Waals surface area contributed by atoms with E-state index in [0.29, 0.717) is 12.2 Å². The summed E-state index contributed by atoms with van der Waals surface area (Å²) in [7, 11) is 0. The van der Waals surface area contributed by atoms with Crippen molar-refractivity contribution in [3.05, 3.63) is 210 Å². The molecule has 2 aromatic carbocycles. The van der Waals surface area contributed by atoms with E-state index in [9.17, 15) is 9.59 Å².